The molecule has 1 saturated heterocycles. The summed E-state index contributed by atoms with van der Waals surface area (Å²) in [5.74, 6) is 0.939. The zero-order chi connectivity index (χ0) is 26.7. The summed E-state index contributed by atoms with van der Waals surface area (Å²) in [4.78, 5) is 20.0. The van der Waals surface area contributed by atoms with Crippen LogP contribution in [-0.4, -0.2) is 29.6 Å². The number of rotatable bonds is 7. The molecule has 0 radical (unpaired) electrons. The molecule has 0 aliphatic carbocycles. The number of halogens is 5. The molecule has 1 aliphatic rings. The van der Waals surface area contributed by atoms with Gasteiger partial charge in [-0.3, -0.25) is 9.69 Å². The molecule has 3 aromatic carbocycles. The van der Waals surface area contributed by atoms with Crippen molar-refractivity contribution in [3.63, 3.8) is 0 Å². The molecule has 0 spiro atoms. The first-order valence-electron chi connectivity index (χ1n) is 10.9. The predicted molar refractivity (Wildman–Crippen MR) is 161 cm³/mol. The summed E-state index contributed by atoms with van der Waals surface area (Å²) < 4.78 is 13.1. The van der Waals surface area contributed by atoms with Gasteiger partial charge in [-0.25, -0.2) is 4.99 Å². The van der Waals surface area contributed by atoms with Gasteiger partial charge in [-0.05, 0) is 94.3 Å². The fourth-order valence-corrected chi connectivity index (χ4v) is 5.63. The number of amides is 1. The molecular formula is C26H19Br2Cl3N2O3S. The Morgan fingerprint density at radius 3 is 2.43 bits per heavy atom. The smallest absolute Gasteiger partial charge is 0.266 e. The number of hydrogen-bond acceptors (Lipinski definition) is 5. The van der Waals surface area contributed by atoms with Crippen LogP contribution >= 0.6 is 78.4 Å². The number of amidine groups is 1. The lowest BCUT2D eigenvalue weighted by Gasteiger charge is -2.13. The monoisotopic (exact) mass is 702 g/mol. The van der Waals surface area contributed by atoms with Gasteiger partial charge in [0.1, 0.15) is 6.61 Å². The van der Waals surface area contributed by atoms with E-state index in [0.29, 0.717) is 48.9 Å². The molecule has 4 rings (SSSR count). The average Bonchev–Trinajstić information content (AvgIpc) is 3.16. The highest BCUT2D eigenvalue weighted by Gasteiger charge is 2.32. The van der Waals surface area contributed by atoms with Crippen molar-refractivity contribution >= 4 is 101 Å². The van der Waals surface area contributed by atoms with Gasteiger partial charge in [-0.2, -0.15) is 0 Å². The van der Waals surface area contributed by atoms with Gasteiger partial charge in [-0.1, -0.05) is 56.8 Å². The molecule has 1 heterocycles. The molecule has 192 valence electrons. The molecule has 11 heteroatoms. The third-order valence-electron chi connectivity index (χ3n) is 5.28. The van der Waals surface area contributed by atoms with Crippen LogP contribution in [0, 0.1) is 0 Å². The number of thioether (sulfide) groups is 1. The Morgan fingerprint density at radius 1 is 0.973 bits per heavy atom. The van der Waals surface area contributed by atoms with Crippen molar-refractivity contribution in [2.45, 2.75) is 13.5 Å². The van der Waals surface area contributed by atoms with Crippen LogP contribution in [0.25, 0.3) is 6.08 Å². The molecular weight excluding hydrogens is 687 g/mol. The van der Waals surface area contributed by atoms with Crippen LogP contribution in [0.1, 0.15) is 18.1 Å². The second-order valence-electron chi connectivity index (χ2n) is 7.71. The van der Waals surface area contributed by atoms with Crippen LogP contribution in [0.4, 0.5) is 5.69 Å². The summed E-state index contributed by atoms with van der Waals surface area (Å²) >= 11 is 26.6. The SMILES string of the molecule is CCN1C(=O)/C(=C\c2cc(OC)c(OCc3ccc(Cl)c(Cl)c3)cc2Br)SC1=Nc1ccc(Br)c(Cl)c1. The number of carbonyl (C=O) groups is 1. The van der Waals surface area contributed by atoms with E-state index in [1.165, 1.54) is 11.8 Å². The number of ether oxygens (including phenoxy) is 2. The summed E-state index contributed by atoms with van der Waals surface area (Å²) in [5, 5.41) is 2.08. The Hall–Kier alpha value is -1.68. The lowest BCUT2D eigenvalue weighted by atomic mass is 10.1. The minimum atomic E-state index is -0.125. The lowest BCUT2D eigenvalue weighted by Crippen LogP contribution is -2.28. The van der Waals surface area contributed by atoms with E-state index in [1.54, 1.807) is 30.2 Å². The quantitative estimate of drug-likeness (QED) is 0.230. The average molecular weight is 706 g/mol. The van der Waals surface area contributed by atoms with Crippen molar-refractivity contribution in [1.82, 2.24) is 4.90 Å². The van der Waals surface area contributed by atoms with E-state index in [4.69, 9.17) is 44.3 Å². The molecule has 1 amide bonds. The summed E-state index contributed by atoms with van der Waals surface area (Å²) in [7, 11) is 1.56. The number of aliphatic imine (C=N–C) groups is 1. The number of methoxy groups -OCH3 is 1. The Labute approximate surface area is 251 Å². The Bertz CT molecular complexity index is 1430. The number of carbonyl (C=O) groups excluding carboxylic acids is 1. The minimum Gasteiger partial charge on any atom is -0.493 e. The molecule has 5 nitrogen and oxygen atoms in total. The van der Waals surface area contributed by atoms with Gasteiger partial charge in [0.25, 0.3) is 5.91 Å². The van der Waals surface area contributed by atoms with E-state index in [9.17, 15) is 4.79 Å². The zero-order valence-corrected chi connectivity index (χ0v) is 25.8. The van der Waals surface area contributed by atoms with E-state index < -0.39 is 0 Å². The van der Waals surface area contributed by atoms with Crippen LogP contribution in [0.15, 0.2) is 67.4 Å². The maximum Gasteiger partial charge on any atom is 0.266 e. The van der Waals surface area contributed by atoms with Crippen molar-refractivity contribution in [2.75, 3.05) is 13.7 Å². The normalized spacial score (nSPS) is 15.6. The van der Waals surface area contributed by atoms with Gasteiger partial charge in [0.05, 0.1) is 32.8 Å². The first-order valence-corrected chi connectivity index (χ1v) is 14.4. The molecule has 0 aromatic heterocycles. The Morgan fingerprint density at radius 2 is 1.76 bits per heavy atom. The maximum atomic E-state index is 13.1. The van der Waals surface area contributed by atoms with E-state index in [2.05, 4.69) is 36.9 Å². The summed E-state index contributed by atoms with van der Waals surface area (Å²) in [5.41, 5.74) is 2.29. The van der Waals surface area contributed by atoms with Gasteiger partial charge in [0.15, 0.2) is 16.7 Å². The maximum absolute atomic E-state index is 13.1. The van der Waals surface area contributed by atoms with Crippen LogP contribution in [0.2, 0.25) is 15.1 Å². The number of nitrogens with zero attached hydrogens (tertiary/aromatic N) is 2. The van der Waals surface area contributed by atoms with E-state index in [1.807, 2.05) is 43.3 Å². The minimum absolute atomic E-state index is 0.125. The largest absolute Gasteiger partial charge is 0.493 e. The molecule has 3 aromatic rings. The number of likely N-dealkylation sites (N-methyl/N-ethyl adjacent to an activating group) is 1. The summed E-state index contributed by atoms with van der Waals surface area (Å²) in [6.45, 7) is 2.67. The topological polar surface area (TPSA) is 51.1 Å². The fraction of sp³-hybridized carbons (Fsp3) is 0.154. The Balaban J connectivity index is 1.59. The summed E-state index contributed by atoms with van der Waals surface area (Å²) in [6, 6.07) is 14.4. The molecule has 0 unspecified atom stereocenters. The highest BCUT2D eigenvalue weighted by molar-refractivity contribution is 9.10. The van der Waals surface area contributed by atoms with Crippen LogP contribution in [0.5, 0.6) is 11.5 Å². The fourth-order valence-electron chi connectivity index (χ4n) is 3.40. The summed E-state index contributed by atoms with van der Waals surface area (Å²) in [6.07, 6.45) is 1.81. The van der Waals surface area contributed by atoms with E-state index in [0.717, 1.165) is 20.1 Å². The third-order valence-corrected chi connectivity index (χ3v) is 8.95. The van der Waals surface area contributed by atoms with Crippen molar-refractivity contribution in [2.24, 2.45) is 4.99 Å². The highest BCUT2D eigenvalue weighted by atomic mass is 79.9. The molecule has 1 aliphatic heterocycles. The van der Waals surface area contributed by atoms with Crippen LogP contribution < -0.4 is 9.47 Å². The molecule has 0 bridgehead atoms. The van der Waals surface area contributed by atoms with Gasteiger partial charge < -0.3 is 9.47 Å². The van der Waals surface area contributed by atoms with Gasteiger partial charge in [-0.15, -0.1) is 0 Å². The molecule has 0 atom stereocenters. The number of hydrogen-bond donors (Lipinski definition) is 0. The van der Waals surface area contributed by atoms with Gasteiger partial charge >= 0.3 is 0 Å². The van der Waals surface area contributed by atoms with Crippen molar-refractivity contribution in [3.05, 3.63) is 88.6 Å². The molecule has 37 heavy (non-hydrogen) atoms. The van der Waals surface area contributed by atoms with Crippen molar-refractivity contribution in [3.8, 4) is 11.5 Å². The molecule has 0 saturated carbocycles. The molecule has 1 fully saturated rings. The second-order valence-corrected chi connectivity index (χ2v) is 11.7. The standard InChI is InChI=1S/C26H19Br2Cl3N2O3S/c1-3-33-25(34)24(37-26(33)32-16-5-6-17(27)20(30)11-16)10-15-9-22(35-2)23(12-18(15)28)36-13-14-4-7-19(29)21(31)8-14/h4-12H,3,13H2,1-2H3/b24-10+,32-26?. The molecule has 0 N–H and O–H groups in total. The Kier molecular flexibility index (Phi) is 9.53. The number of benzene rings is 3. The van der Waals surface area contributed by atoms with E-state index >= 15 is 0 Å². The first-order chi connectivity index (χ1) is 17.7. The second kappa shape index (κ2) is 12.5. The van der Waals surface area contributed by atoms with E-state index in [-0.39, 0.29) is 12.5 Å². The van der Waals surface area contributed by atoms with Crippen LogP contribution in [-0.2, 0) is 11.4 Å². The van der Waals surface area contributed by atoms with Gasteiger partial charge in [0, 0.05) is 15.5 Å². The first kappa shape index (κ1) is 28.3. The van der Waals surface area contributed by atoms with Crippen LogP contribution in [0.3, 0.4) is 0 Å². The predicted octanol–water partition coefficient (Wildman–Crippen LogP) is 9.38. The van der Waals surface area contributed by atoms with Crippen molar-refractivity contribution in [1.29, 1.82) is 0 Å². The lowest BCUT2D eigenvalue weighted by molar-refractivity contribution is -0.122. The highest BCUT2D eigenvalue weighted by Crippen LogP contribution is 2.39. The third kappa shape index (κ3) is 6.67. The van der Waals surface area contributed by atoms with Crippen molar-refractivity contribution < 1.29 is 14.3 Å². The zero-order valence-electron chi connectivity index (χ0n) is 19.5. The van der Waals surface area contributed by atoms with Gasteiger partial charge in [0.2, 0.25) is 0 Å².